The lowest BCUT2D eigenvalue weighted by molar-refractivity contribution is -0.153. The lowest BCUT2D eigenvalue weighted by Gasteiger charge is -2.50. The SMILES string of the molecule is CN(Cc1cc(O)c2c(c1Cl)C[C@H]1C[C@H]3[C@H](N(C)C)C(=O)C(C(N)=O)=C(O)C3(O)C(=O)C1=C2O)CC1CC1. The van der Waals surface area contributed by atoms with Crippen LogP contribution in [0.5, 0.6) is 5.75 Å². The second kappa shape index (κ2) is 9.08. The maximum absolute atomic E-state index is 13.8. The van der Waals surface area contributed by atoms with E-state index in [-0.39, 0.29) is 29.7 Å². The van der Waals surface area contributed by atoms with Crippen molar-refractivity contribution in [2.75, 3.05) is 27.7 Å². The molecule has 2 saturated carbocycles. The minimum atomic E-state index is -2.66. The van der Waals surface area contributed by atoms with E-state index in [9.17, 15) is 34.8 Å². The molecule has 38 heavy (non-hydrogen) atoms. The summed E-state index contributed by atoms with van der Waals surface area (Å²) in [5.41, 5.74) is 2.82. The summed E-state index contributed by atoms with van der Waals surface area (Å²) in [5.74, 6) is -6.12. The fourth-order valence-corrected chi connectivity index (χ4v) is 6.84. The van der Waals surface area contributed by atoms with Crippen molar-refractivity contribution >= 4 is 34.8 Å². The molecule has 0 bridgehead atoms. The van der Waals surface area contributed by atoms with Gasteiger partial charge in [0.15, 0.2) is 11.4 Å². The number of Topliss-reactive ketones (excluding diaryl/α,β-unsaturated/α-hetero) is 2. The molecule has 4 aliphatic carbocycles. The van der Waals surface area contributed by atoms with Crippen molar-refractivity contribution in [3.8, 4) is 5.75 Å². The summed E-state index contributed by atoms with van der Waals surface area (Å²) in [7, 11) is 5.10. The fourth-order valence-electron chi connectivity index (χ4n) is 6.56. The van der Waals surface area contributed by atoms with Crippen LogP contribution in [0.1, 0.15) is 36.0 Å². The zero-order valence-corrected chi connectivity index (χ0v) is 22.2. The van der Waals surface area contributed by atoms with Gasteiger partial charge in [-0.25, -0.2) is 0 Å². The number of primary amides is 1. The molecule has 11 heteroatoms. The van der Waals surface area contributed by atoms with Gasteiger partial charge >= 0.3 is 0 Å². The summed E-state index contributed by atoms with van der Waals surface area (Å²) in [6.45, 7) is 1.40. The summed E-state index contributed by atoms with van der Waals surface area (Å²) in [4.78, 5) is 42.7. The zero-order chi connectivity index (χ0) is 27.8. The van der Waals surface area contributed by atoms with Crippen LogP contribution in [0, 0.1) is 17.8 Å². The Bertz CT molecular complexity index is 1330. The van der Waals surface area contributed by atoms with E-state index >= 15 is 0 Å². The van der Waals surface area contributed by atoms with E-state index in [0.29, 0.717) is 28.6 Å². The molecule has 0 spiro atoms. The molecule has 0 aliphatic heterocycles. The van der Waals surface area contributed by atoms with Gasteiger partial charge in [-0.05, 0) is 75.9 Å². The Morgan fingerprint density at radius 1 is 1.18 bits per heavy atom. The van der Waals surface area contributed by atoms with Crippen molar-refractivity contribution in [3.63, 3.8) is 0 Å². The Labute approximate surface area is 225 Å². The third kappa shape index (κ3) is 3.85. The van der Waals surface area contributed by atoms with Gasteiger partial charge in [0.05, 0.1) is 11.6 Å². The summed E-state index contributed by atoms with van der Waals surface area (Å²) < 4.78 is 0. The van der Waals surface area contributed by atoms with Crippen LogP contribution in [0.4, 0.5) is 0 Å². The van der Waals surface area contributed by atoms with Crippen molar-refractivity contribution in [3.05, 3.63) is 44.7 Å². The summed E-state index contributed by atoms with van der Waals surface area (Å²) in [6.07, 6.45) is 2.58. The maximum Gasteiger partial charge on any atom is 0.255 e. The molecule has 0 heterocycles. The Kier molecular flexibility index (Phi) is 6.38. The lowest BCUT2D eigenvalue weighted by Crippen LogP contribution is -2.65. The average Bonchev–Trinajstić information content (AvgIpc) is 3.62. The number of carbonyl (C=O) groups excluding carboxylic acids is 3. The van der Waals surface area contributed by atoms with E-state index in [1.54, 1.807) is 14.1 Å². The molecule has 4 atom stereocenters. The molecule has 1 aromatic rings. The number of rotatable bonds is 6. The standard InChI is InChI=1S/C27H32ClN3O7/c1-30(2)21-15-7-12-6-14-18(16(32)8-13(20(14)28)10-31(3)9-11-4-5-11)22(33)17(12)24(35)27(15,38)25(36)19(23(21)34)26(29)37/h8,11-12,15,21,32-33,36,38H,4-7,9-10H2,1-3H3,(H2,29,37)/t12-,15-,21-,27?/m0/s1. The second-order valence-corrected chi connectivity index (χ2v) is 11.7. The quantitative estimate of drug-likeness (QED) is 0.333. The van der Waals surface area contributed by atoms with Gasteiger partial charge in [0.2, 0.25) is 5.78 Å². The molecule has 5 rings (SSSR count). The molecule has 1 unspecified atom stereocenters. The van der Waals surface area contributed by atoms with Gasteiger partial charge < -0.3 is 31.1 Å². The molecule has 6 N–H and O–H groups in total. The number of fused-ring (bicyclic) bond motifs is 3. The highest BCUT2D eigenvalue weighted by atomic mass is 35.5. The summed E-state index contributed by atoms with van der Waals surface area (Å²) in [5, 5.41) is 45.1. The van der Waals surface area contributed by atoms with Crippen LogP contribution < -0.4 is 5.73 Å². The number of phenols is 1. The summed E-state index contributed by atoms with van der Waals surface area (Å²) >= 11 is 6.81. The van der Waals surface area contributed by atoms with Gasteiger partial charge in [-0.15, -0.1) is 0 Å². The van der Waals surface area contributed by atoms with E-state index in [1.165, 1.54) is 23.8 Å². The molecule has 0 saturated heterocycles. The first-order valence-corrected chi connectivity index (χ1v) is 13.0. The molecule has 1 aromatic carbocycles. The minimum Gasteiger partial charge on any atom is -0.508 e. The lowest BCUT2D eigenvalue weighted by atomic mass is 9.57. The van der Waals surface area contributed by atoms with Crippen molar-refractivity contribution in [2.24, 2.45) is 23.5 Å². The maximum atomic E-state index is 13.8. The molecule has 0 radical (unpaired) electrons. The largest absolute Gasteiger partial charge is 0.508 e. The highest BCUT2D eigenvalue weighted by molar-refractivity contribution is 6.32. The predicted octanol–water partition coefficient (Wildman–Crippen LogP) is 1.46. The first-order chi connectivity index (χ1) is 17.8. The molecule has 4 aliphatic rings. The number of carbonyl (C=O) groups is 3. The van der Waals surface area contributed by atoms with Crippen molar-refractivity contribution < 1.29 is 34.8 Å². The number of aliphatic hydroxyl groups excluding tert-OH is 2. The zero-order valence-electron chi connectivity index (χ0n) is 21.5. The van der Waals surface area contributed by atoms with E-state index < -0.39 is 58.0 Å². The average molecular weight is 546 g/mol. The van der Waals surface area contributed by atoms with Gasteiger partial charge in [-0.1, -0.05) is 11.6 Å². The number of hydrogen-bond acceptors (Lipinski definition) is 9. The first kappa shape index (κ1) is 26.7. The van der Waals surface area contributed by atoms with Gasteiger partial charge in [-0.2, -0.15) is 0 Å². The number of halogens is 1. The number of ketones is 2. The first-order valence-electron chi connectivity index (χ1n) is 12.7. The molecule has 10 nitrogen and oxygen atoms in total. The van der Waals surface area contributed by atoms with Crippen LogP contribution in [0.2, 0.25) is 5.02 Å². The number of aliphatic hydroxyl groups is 3. The van der Waals surface area contributed by atoms with Crippen molar-refractivity contribution in [1.29, 1.82) is 0 Å². The Balaban J connectivity index is 1.62. The smallest absolute Gasteiger partial charge is 0.255 e. The van der Waals surface area contributed by atoms with E-state index in [0.717, 1.165) is 6.54 Å². The topological polar surface area (TPSA) is 165 Å². The number of hydrogen-bond donors (Lipinski definition) is 5. The molecule has 0 aromatic heterocycles. The highest BCUT2D eigenvalue weighted by Crippen LogP contribution is 2.53. The van der Waals surface area contributed by atoms with Crippen molar-refractivity contribution in [1.82, 2.24) is 9.80 Å². The number of amides is 1. The van der Waals surface area contributed by atoms with E-state index in [1.807, 2.05) is 7.05 Å². The van der Waals surface area contributed by atoms with Gasteiger partial charge in [0.1, 0.15) is 22.8 Å². The predicted molar refractivity (Wildman–Crippen MR) is 138 cm³/mol. The van der Waals surface area contributed by atoms with Crippen LogP contribution in [0.3, 0.4) is 0 Å². The Morgan fingerprint density at radius 2 is 1.84 bits per heavy atom. The van der Waals surface area contributed by atoms with Gasteiger partial charge in [0, 0.05) is 29.6 Å². The van der Waals surface area contributed by atoms with E-state index in [4.69, 9.17) is 17.3 Å². The van der Waals surface area contributed by atoms with Crippen molar-refractivity contribution in [2.45, 2.75) is 43.9 Å². The fraction of sp³-hybridized carbons (Fsp3) is 0.519. The monoisotopic (exact) mass is 545 g/mol. The van der Waals surface area contributed by atoms with E-state index in [2.05, 4.69) is 4.90 Å². The van der Waals surface area contributed by atoms with Crippen LogP contribution in [0.25, 0.3) is 5.76 Å². The number of aromatic hydroxyl groups is 1. The van der Waals surface area contributed by atoms with Crippen LogP contribution >= 0.6 is 11.6 Å². The number of likely N-dealkylation sites (N-methyl/N-ethyl adjacent to an activating group) is 1. The highest BCUT2D eigenvalue weighted by Gasteiger charge is 2.64. The molecular formula is C27H32ClN3O7. The molecular weight excluding hydrogens is 514 g/mol. The molecule has 1 amide bonds. The normalized spacial score (nSPS) is 29.1. The minimum absolute atomic E-state index is 0.000106. The third-order valence-electron chi connectivity index (χ3n) is 8.44. The van der Waals surface area contributed by atoms with Gasteiger partial charge in [-0.3, -0.25) is 19.3 Å². The van der Waals surface area contributed by atoms with Crippen LogP contribution in [-0.2, 0) is 27.3 Å². The van der Waals surface area contributed by atoms with Gasteiger partial charge in [0.25, 0.3) is 5.91 Å². The number of phenolic OH excluding ortho intramolecular Hbond substituents is 1. The molecule has 2 fully saturated rings. The molecule has 204 valence electrons. The van der Waals surface area contributed by atoms with Crippen LogP contribution in [0.15, 0.2) is 23.0 Å². The second-order valence-electron chi connectivity index (χ2n) is 11.3. The number of benzene rings is 1. The van der Waals surface area contributed by atoms with Crippen LogP contribution in [-0.4, -0.2) is 87.0 Å². The Morgan fingerprint density at radius 3 is 2.42 bits per heavy atom. The third-order valence-corrected chi connectivity index (χ3v) is 8.91. The Hall–Kier alpha value is -2.92. The number of nitrogens with zero attached hydrogens (tertiary/aromatic N) is 2. The summed E-state index contributed by atoms with van der Waals surface area (Å²) in [6, 6.07) is 0.342. The number of nitrogens with two attached hydrogens (primary N) is 1.